The summed E-state index contributed by atoms with van der Waals surface area (Å²) in [6.45, 7) is 5.92. The van der Waals surface area contributed by atoms with Gasteiger partial charge in [0, 0.05) is 18.8 Å². The van der Waals surface area contributed by atoms with Gasteiger partial charge in [0.2, 0.25) is 0 Å². The molecule has 0 aromatic carbocycles. The van der Waals surface area contributed by atoms with Gasteiger partial charge < -0.3 is 9.84 Å². The van der Waals surface area contributed by atoms with E-state index in [0.717, 1.165) is 70.6 Å². The molecule has 0 bridgehead atoms. The van der Waals surface area contributed by atoms with Crippen molar-refractivity contribution in [1.82, 2.24) is 0 Å². The highest BCUT2D eigenvalue weighted by Gasteiger charge is 2.33. The summed E-state index contributed by atoms with van der Waals surface area (Å²) in [5.41, 5.74) is 0. The van der Waals surface area contributed by atoms with Crippen LogP contribution < -0.4 is 0 Å². The van der Waals surface area contributed by atoms with E-state index in [2.05, 4.69) is 6.92 Å². The SMILES string of the molecule is CCCCCC(O)CC[C@H]1CCC(=O)[C@@H]1CCCCCCC(=O)OC(C)C. The summed E-state index contributed by atoms with van der Waals surface area (Å²) in [5.74, 6) is 1.01. The van der Waals surface area contributed by atoms with Gasteiger partial charge in [-0.05, 0) is 58.3 Å². The summed E-state index contributed by atoms with van der Waals surface area (Å²) in [6, 6.07) is 0. The Balaban J connectivity index is 2.16. The van der Waals surface area contributed by atoms with Crippen LogP contribution in [0.1, 0.15) is 111 Å². The van der Waals surface area contributed by atoms with Crippen LogP contribution >= 0.6 is 0 Å². The van der Waals surface area contributed by atoms with E-state index in [4.69, 9.17) is 4.74 Å². The minimum Gasteiger partial charge on any atom is -0.463 e. The third kappa shape index (κ3) is 10.9. The lowest BCUT2D eigenvalue weighted by Crippen LogP contribution is -2.17. The van der Waals surface area contributed by atoms with Crippen LogP contribution in [-0.2, 0) is 14.3 Å². The van der Waals surface area contributed by atoms with Gasteiger partial charge in [-0.15, -0.1) is 0 Å². The Hall–Kier alpha value is -0.900. The molecule has 4 nitrogen and oxygen atoms in total. The van der Waals surface area contributed by atoms with Crippen molar-refractivity contribution in [3.63, 3.8) is 0 Å². The van der Waals surface area contributed by atoms with Gasteiger partial charge in [0.25, 0.3) is 0 Å². The number of unbranched alkanes of at least 4 members (excludes halogenated alkanes) is 5. The van der Waals surface area contributed by atoms with Crippen LogP contribution in [-0.4, -0.2) is 29.1 Å². The molecule has 1 saturated carbocycles. The lowest BCUT2D eigenvalue weighted by atomic mass is 9.86. The standard InChI is InChI=1S/C23H42O4/c1-4-5-8-11-20(24)16-14-19-15-17-22(25)21(19)12-9-6-7-10-13-23(26)27-18(2)3/h18-21,24H,4-17H2,1-3H3/t19-,20?,21+/m0/s1. The number of rotatable bonds is 15. The maximum absolute atomic E-state index is 12.2. The number of aliphatic hydroxyl groups is 1. The Morgan fingerprint density at radius 2 is 1.81 bits per heavy atom. The van der Waals surface area contributed by atoms with E-state index in [1.165, 1.54) is 12.8 Å². The number of ether oxygens (including phenoxy) is 1. The van der Waals surface area contributed by atoms with E-state index in [1.807, 2.05) is 13.8 Å². The molecule has 0 amide bonds. The number of ketones is 1. The number of hydrogen-bond donors (Lipinski definition) is 1. The molecule has 1 aliphatic rings. The normalized spacial score (nSPS) is 21.0. The van der Waals surface area contributed by atoms with Crippen molar-refractivity contribution in [1.29, 1.82) is 0 Å². The first-order chi connectivity index (χ1) is 12.9. The predicted molar refractivity (Wildman–Crippen MR) is 110 cm³/mol. The Morgan fingerprint density at radius 3 is 2.52 bits per heavy atom. The Bertz CT molecular complexity index is 419. The van der Waals surface area contributed by atoms with Gasteiger partial charge in [-0.1, -0.05) is 45.4 Å². The lowest BCUT2D eigenvalue weighted by molar-refractivity contribution is -0.147. The molecule has 0 heterocycles. The van der Waals surface area contributed by atoms with Gasteiger partial charge in [-0.2, -0.15) is 0 Å². The van der Waals surface area contributed by atoms with Crippen molar-refractivity contribution in [2.45, 2.75) is 123 Å². The zero-order valence-corrected chi connectivity index (χ0v) is 17.9. The number of esters is 1. The number of carbonyl (C=O) groups excluding carboxylic acids is 2. The highest BCUT2D eigenvalue weighted by molar-refractivity contribution is 5.83. The molecule has 4 heteroatoms. The highest BCUT2D eigenvalue weighted by atomic mass is 16.5. The van der Waals surface area contributed by atoms with Crippen molar-refractivity contribution in [3.05, 3.63) is 0 Å². The zero-order valence-electron chi connectivity index (χ0n) is 17.9. The highest BCUT2D eigenvalue weighted by Crippen LogP contribution is 2.36. The molecule has 0 saturated heterocycles. The molecule has 1 unspecified atom stereocenters. The topological polar surface area (TPSA) is 63.6 Å². The van der Waals surface area contributed by atoms with E-state index in [9.17, 15) is 14.7 Å². The summed E-state index contributed by atoms with van der Waals surface area (Å²) in [5, 5.41) is 10.1. The third-order valence-corrected chi connectivity index (χ3v) is 5.77. The zero-order chi connectivity index (χ0) is 20.1. The number of hydrogen-bond acceptors (Lipinski definition) is 4. The fourth-order valence-electron chi connectivity index (χ4n) is 4.21. The Kier molecular flexibility index (Phi) is 12.6. The molecular formula is C23H42O4. The van der Waals surface area contributed by atoms with Crippen LogP contribution in [0.25, 0.3) is 0 Å². The van der Waals surface area contributed by atoms with Crippen LogP contribution in [0, 0.1) is 11.8 Å². The summed E-state index contributed by atoms with van der Waals surface area (Å²) < 4.78 is 5.14. The van der Waals surface area contributed by atoms with Crippen LogP contribution in [0.15, 0.2) is 0 Å². The van der Waals surface area contributed by atoms with Crippen molar-refractivity contribution in [2.75, 3.05) is 0 Å². The third-order valence-electron chi connectivity index (χ3n) is 5.77. The van der Waals surface area contributed by atoms with Gasteiger partial charge in [-0.3, -0.25) is 9.59 Å². The molecule has 1 aliphatic carbocycles. The first-order valence-electron chi connectivity index (χ1n) is 11.3. The minimum atomic E-state index is -0.196. The quantitative estimate of drug-likeness (QED) is 0.296. The first-order valence-corrected chi connectivity index (χ1v) is 11.3. The summed E-state index contributed by atoms with van der Waals surface area (Å²) in [4.78, 5) is 23.7. The smallest absolute Gasteiger partial charge is 0.306 e. The van der Waals surface area contributed by atoms with Crippen molar-refractivity contribution in [3.8, 4) is 0 Å². The van der Waals surface area contributed by atoms with E-state index < -0.39 is 0 Å². The maximum atomic E-state index is 12.2. The Labute approximate surface area is 166 Å². The van der Waals surface area contributed by atoms with Gasteiger partial charge in [0.1, 0.15) is 5.78 Å². The van der Waals surface area contributed by atoms with Gasteiger partial charge >= 0.3 is 5.97 Å². The number of aliphatic hydroxyl groups excluding tert-OH is 1. The van der Waals surface area contributed by atoms with Crippen LogP contribution in [0.5, 0.6) is 0 Å². The molecule has 1 N–H and O–H groups in total. The molecule has 1 fully saturated rings. The summed E-state index contributed by atoms with van der Waals surface area (Å²) >= 11 is 0. The lowest BCUT2D eigenvalue weighted by Gasteiger charge is -2.20. The molecule has 3 atom stereocenters. The largest absolute Gasteiger partial charge is 0.463 e. The van der Waals surface area contributed by atoms with Gasteiger partial charge in [0.15, 0.2) is 0 Å². The van der Waals surface area contributed by atoms with Crippen LogP contribution in [0.3, 0.4) is 0 Å². The number of carbonyl (C=O) groups is 2. The van der Waals surface area contributed by atoms with E-state index in [1.54, 1.807) is 0 Å². The summed E-state index contributed by atoms with van der Waals surface area (Å²) in [6.07, 6.45) is 13.2. The second kappa shape index (κ2) is 14.1. The molecular weight excluding hydrogens is 340 g/mol. The second-order valence-electron chi connectivity index (χ2n) is 8.59. The first kappa shape index (κ1) is 24.1. The van der Waals surface area contributed by atoms with E-state index in [-0.39, 0.29) is 24.1 Å². The van der Waals surface area contributed by atoms with Gasteiger partial charge in [0.05, 0.1) is 12.2 Å². The molecule has 158 valence electrons. The maximum Gasteiger partial charge on any atom is 0.306 e. The average Bonchev–Trinajstić information content (AvgIpc) is 2.95. The fourth-order valence-corrected chi connectivity index (χ4v) is 4.21. The van der Waals surface area contributed by atoms with E-state index in [0.29, 0.717) is 18.1 Å². The molecule has 1 rings (SSSR count). The van der Waals surface area contributed by atoms with Crippen LogP contribution in [0.2, 0.25) is 0 Å². The molecule has 0 spiro atoms. The van der Waals surface area contributed by atoms with Crippen LogP contribution in [0.4, 0.5) is 0 Å². The van der Waals surface area contributed by atoms with Crippen molar-refractivity contribution < 1.29 is 19.4 Å². The summed E-state index contributed by atoms with van der Waals surface area (Å²) in [7, 11) is 0. The molecule has 0 radical (unpaired) electrons. The monoisotopic (exact) mass is 382 g/mol. The fraction of sp³-hybridized carbons (Fsp3) is 0.913. The van der Waals surface area contributed by atoms with Crippen molar-refractivity contribution in [2.24, 2.45) is 11.8 Å². The molecule has 0 aromatic rings. The second-order valence-corrected chi connectivity index (χ2v) is 8.59. The molecule has 0 aromatic heterocycles. The van der Waals surface area contributed by atoms with Gasteiger partial charge in [-0.25, -0.2) is 0 Å². The van der Waals surface area contributed by atoms with Crippen molar-refractivity contribution >= 4 is 11.8 Å². The average molecular weight is 383 g/mol. The minimum absolute atomic E-state index is 0.0343. The van der Waals surface area contributed by atoms with E-state index >= 15 is 0 Å². The molecule has 27 heavy (non-hydrogen) atoms. The Morgan fingerprint density at radius 1 is 1.07 bits per heavy atom. The predicted octanol–water partition coefficient (Wildman–Crippen LogP) is 5.60. The molecule has 0 aliphatic heterocycles. The number of Topliss-reactive ketones (excluding diaryl/α,β-unsaturated/α-hetero) is 1.